The summed E-state index contributed by atoms with van der Waals surface area (Å²) >= 11 is 0. The van der Waals surface area contributed by atoms with E-state index in [1.165, 1.54) is 0 Å². The molecule has 86 valence electrons. The van der Waals surface area contributed by atoms with Crippen molar-refractivity contribution in [3.63, 3.8) is 0 Å². The molecule has 3 heteroatoms. The van der Waals surface area contributed by atoms with E-state index in [0.717, 1.165) is 12.1 Å². The van der Waals surface area contributed by atoms with Crippen LogP contribution in [0.3, 0.4) is 0 Å². The Balaban J connectivity index is 2.44. The molecule has 0 atom stereocenters. The zero-order chi connectivity index (χ0) is 12.0. The van der Waals surface area contributed by atoms with Gasteiger partial charge in [0.2, 0.25) is 0 Å². The van der Waals surface area contributed by atoms with Crippen LogP contribution in [0.25, 0.3) is 0 Å². The zero-order valence-corrected chi connectivity index (χ0v) is 9.77. The summed E-state index contributed by atoms with van der Waals surface area (Å²) in [6.07, 6.45) is 0. The number of esters is 1. The van der Waals surface area contributed by atoms with Crippen molar-refractivity contribution in [1.29, 1.82) is 0 Å². The molecule has 0 aromatic heterocycles. The third-order valence-electron chi connectivity index (χ3n) is 2.38. The molecule has 0 spiro atoms. The Bertz CT molecular complexity index is 359. The molecule has 0 unspecified atom stereocenters. The minimum atomic E-state index is -0.367. The van der Waals surface area contributed by atoms with Crippen molar-refractivity contribution >= 4 is 5.97 Å². The molecule has 1 rings (SSSR count). The van der Waals surface area contributed by atoms with Gasteiger partial charge in [0.25, 0.3) is 0 Å². The van der Waals surface area contributed by atoms with Gasteiger partial charge in [-0.3, -0.25) is 0 Å². The van der Waals surface area contributed by atoms with Crippen molar-refractivity contribution in [2.75, 3.05) is 13.6 Å². The lowest BCUT2D eigenvalue weighted by atomic mass is 10.2. The summed E-state index contributed by atoms with van der Waals surface area (Å²) in [4.78, 5) is 13.3. The highest BCUT2D eigenvalue weighted by Gasteiger charge is 2.11. The molecule has 0 aliphatic carbocycles. The van der Waals surface area contributed by atoms with Crippen molar-refractivity contribution in [1.82, 2.24) is 4.90 Å². The van der Waals surface area contributed by atoms with Gasteiger partial charge >= 0.3 is 5.97 Å². The number of benzene rings is 1. The van der Waals surface area contributed by atoms with Gasteiger partial charge in [0.05, 0.1) is 0 Å². The van der Waals surface area contributed by atoms with E-state index in [-0.39, 0.29) is 12.6 Å². The van der Waals surface area contributed by atoms with E-state index in [0.29, 0.717) is 5.70 Å². The molecule has 0 aliphatic rings. The molecule has 3 nitrogen and oxygen atoms in total. The Morgan fingerprint density at radius 2 is 2.00 bits per heavy atom. The van der Waals surface area contributed by atoms with E-state index in [2.05, 4.69) is 6.58 Å². The molecule has 0 fully saturated rings. The minimum Gasteiger partial charge on any atom is -0.456 e. The number of rotatable bonds is 5. The summed E-state index contributed by atoms with van der Waals surface area (Å²) in [5.41, 5.74) is 1.36. The molecular weight excluding hydrogens is 202 g/mol. The SMILES string of the molecule is C=C(C(=O)OCc1ccccc1)N(C)CC. The normalized spacial score (nSPS) is 9.62. The van der Waals surface area contributed by atoms with E-state index in [1.807, 2.05) is 44.3 Å². The Kier molecular flexibility index (Phi) is 4.58. The molecule has 0 saturated carbocycles. The second-order valence-electron chi connectivity index (χ2n) is 3.52. The Morgan fingerprint density at radius 3 is 2.56 bits per heavy atom. The number of carbonyl (C=O) groups excluding carboxylic acids is 1. The molecule has 0 aliphatic heterocycles. The van der Waals surface area contributed by atoms with E-state index >= 15 is 0 Å². The van der Waals surface area contributed by atoms with E-state index in [1.54, 1.807) is 4.90 Å². The molecule has 16 heavy (non-hydrogen) atoms. The van der Waals surface area contributed by atoms with Gasteiger partial charge in [-0.2, -0.15) is 0 Å². The number of carbonyl (C=O) groups is 1. The monoisotopic (exact) mass is 219 g/mol. The number of hydrogen-bond acceptors (Lipinski definition) is 3. The summed E-state index contributed by atoms with van der Waals surface area (Å²) in [6.45, 7) is 6.67. The maximum Gasteiger partial charge on any atom is 0.354 e. The van der Waals surface area contributed by atoms with Crippen molar-refractivity contribution in [3.05, 3.63) is 48.2 Å². The van der Waals surface area contributed by atoms with E-state index in [4.69, 9.17) is 4.74 Å². The molecule has 0 saturated heterocycles. The predicted molar refractivity (Wildman–Crippen MR) is 63.7 cm³/mol. The highest BCUT2D eigenvalue weighted by Crippen LogP contribution is 2.05. The average Bonchev–Trinajstić information content (AvgIpc) is 2.35. The molecule has 0 radical (unpaired) electrons. The van der Waals surface area contributed by atoms with Crippen LogP contribution in [-0.2, 0) is 16.1 Å². The molecule has 1 aromatic rings. The molecule has 0 heterocycles. The van der Waals surface area contributed by atoms with Gasteiger partial charge in [-0.15, -0.1) is 0 Å². The topological polar surface area (TPSA) is 29.5 Å². The molecule has 0 bridgehead atoms. The highest BCUT2D eigenvalue weighted by atomic mass is 16.5. The fourth-order valence-electron chi connectivity index (χ4n) is 1.15. The molecule has 1 aromatic carbocycles. The molecule has 0 N–H and O–H groups in total. The lowest BCUT2D eigenvalue weighted by molar-refractivity contribution is -0.141. The number of ether oxygens (including phenoxy) is 1. The smallest absolute Gasteiger partial charge is 0.354 e. The summed E-state index contributed by atoms with van der Waals surface area (Å²) < 4.78 is 5.13. The van der Waals surface area contributed by atoms with Crippen LogP contribution >= 0.6 is 0 Å². The van der Waals surface area contributed by atoms with Crippen LogP contribution in [0.4, 0.5) is 0 Å². The molecular formula is C13H17NO2. The quantitative estimate of drug-likeness (QED) is 0.561. The van der Waals surface area contributed by atoms with Crippen LogP contribution in [0, 0.1) is 0 Å². The van der Waals surface area contributed by atoms with E-state index < -0.39 is 0 Å². The van der Waals surface area contributed by atoms with Gasteiger partial charge in [0.15, 0.2) is 0 Å². The lowest BCUT2D eigenvalue weighted by Crippen LogP contribution is -2.23. The first kappa shape index (κ1) is 12.3. The van der Waals surface area contributed by atoms with Crippen molar-refractivity contribution in [2.24, 2.45) is 0 Å². The first-order valence-electron chi connectivity index (χ1n) is 5.26. The van der Waals surface area contributed by atoms with Crippen molar-refractivity contribution in [2.45, 2.75) is 13.5 Å². The van der Waals surface area contributed by atoms with Gasteiger partial charge in [-0.1, -0.05) is 36.9 Å². The van der Waals surface area contributed by atoms with Crippen LogP contribution in [0.5, 0.6) is 0 Å². The third kappa shape index (κ3) is 3.42. The fraction of sp³-hybridized carbons (Fsp3) is 0.308. The average molecular weight is 219 g/mol. The standard InChI is InChI=1S/C13H17NO2/c1-4-14(3)11(2)13(15)16-10-12-8-6-5-7-9-12/h5-9H,2,4,10H2,1,3H3. The Morgan fingerprint density at radius 1 is 1.38 bits per heavy atom. The van der Waals surface area contributed by atoms with Crippen molar-refractivity contribution in [3.8, 4) is 0 Å². The maximum atomic E-state index is 11.6. The van der Waals surface area contributed by atoms with Crippen LogP contribution < -0.4 is 0 Å². The number of hydrogen-bond donors (Lipinski definition) is 0. The minimum absolute atomic E-state index is 0.288. The van der Waals surface area contributed by atoms with Crippen LogP contribution in [-0.4, -0.2) is 24.5 Å². The van der Waals surface area contributed by atoms with E-state index in [9.17, 15) is 4.79 Å². The van der Waals surface area contributed by atoms with Crippen molar-refractivity contribution < 1.29 is 9.53 Å². The van der Waals surface area contributed by atoms with Gasteiger partial charge in [0.1, 0.15) is 12.3 Å². The summed E-state index contributed by atoms with van der Waals surface area (Å²) in [5.74, 6) is -0.367. The Labute approximate surface area is 96.3 Å². The largest absolute Gasteiger partial charge is 0.456 e. The predicted octanol–water partition coefficient (Wildman–Crippen LogP) is 2.20. The van der Waals surface area contributed by atoms with Crippen LogP contribution in [0.2, 0.25) is 0 Å². The highest BCUT2D eigenvalue weighted by molar-refractivity contribution is 5.86. The summed E-state index contributed by atoms with van der Waals surface area (Å²) in [5, 5.41) is 0. The second-order valence-corrected chi connectivity index (χ2v) is 3.52. The summed E-state index contributed by atoms with van der Waals surface area (Å²) in [7, 11) is 1.81. The summed E-state index contributed by atoms with van der Waals surface area (Å²) in [6, 6.07) is 9.58. The van der Waals surface area contributed by atoms with Crippen LogP contribution in [0.15, 0.2) is 42.6 Å². The fourth-order valence-corrected chi connectivity index (χ4v) is 1.15. The number of likely N-dealkylation sites (N-methyl/N-ethyl adjacent to an activating group) is 1. The molecule has 0 amide bonds. The first-order chi connectivity index (χ1) is 7.65. The first-order valence-corrected chi connectivity index (χ1v) is 5.26. The van der Waals surface area contributed by atoms with Crippen LogP contribution in [0.1, 0.15) is 12.5 Å². The van der Waals surface area contributed by atoms with Gasteiger partial charge in [0, 0.05) is 13.6 Å². The van der Waals surface area contributed by atoms with Gasteiger partial charge < -0.3 is 9.64 Å². The van der Waals surface area contributed by atoms with Gasteiger partial charge in [-0.25, -0.2) is 4.79 Å². The zero-order valence-electron chi connectivity index (χ0n) is 9.77. The number of nitrogens with zero attached hydrogens (tertiary/aromatic N) is 1. The Hall–Kier alpha value is -1.77. The lowest BCUT2D eigenvalue weighted by Gasteiger charge is -2.17. The van der Waals surface area contributed by atoms with Gasteiger partial charge in [-0.05, 0) is 12.5 Å². The third-order valence-corrected chi connectivity index (χ3v) is 2.38. The second kappa shape index (κ2) is 5.95. The maximum absolute atomic E-state index is 11.6.